The fourth-order valence-corrected chi connectivity index (χ4v) is 2.68. The van der Waals surface area contributed by atoms with Crippen LogP contribution in [0.1, 0.15) is 5.56 Å². The maximum absolute atomic E-state index is 12.9. The molecule has 3 rings (SSSR count). The highest BCUT2D eigenvalue weighted by atomic mass is 32.1. The number of hydrogen-bond acceptors (Lipinski definition) is 4. The molecule has 2 amide bonds. The number of rotatable bonds is 5. The second-order valence-corrected chi connectivity index (χ2v) is 6.03. The number of nitrogens with zero attached hydrogens (tertiary/aromatic N) is 1. The average Bonchev–Trinajstić information content (AvgIpc) is 2.65. The van der Waals surface area contributed by atoms with Crippen molar-refractivity contribution in [3.63, 3.8) is 0 Å². The number of benzene rings is 2. The van der Waals surface area contributed by atoms with Crippen LogP contribution < -0.4 is 10.1 Å². The topological polar surface area (TPSA) is 58.6 Å². The minimum absolute atomic E-state index is 0.0161. The van der Waals surface area contributed by atoms with E-state index in [1.807, 2.05) is 0 Å². The van der Waals surface area contributed by atoms with Crippen LogP contribution in [0.3, 0.4) is 0 Å². The molecule has 0 aromatic heterocycles. The second-order valence-electron chi connectivity index (χ2n) is 5.65. The van der Waals surface area contributed by atoms with E-state index in [-0.39, 0.29) is 23.0 Å². The molecule has 136 valence electrons. The predicted octanol–water partition coefficient (Wildman–Crippen LogP) is 3.43. The van der Waals surface area contributed by atoms with Gasteiger partial charge in [-0.3, -0.25) is 19.8 Å². The van der Waals surface area contributed by atoms with Gasteiger partial charge in [-0.1, -0.05) is 18.2 Å². The van der Waals surface area contributed by atoms with E-state index in [9.17, 15) is 14.0 Å². The number of halogens is 1. The molecular formula is C20H15FN2O3S. The minimum Gasteiger partial charge on any atom is -0.457 e. The molecule has 1 heterocycles. The van der Waals surface area contributed by atoms with Crippen LogP contribution in [-0.4, -0.2) is 28.4 Å². The summed E-state index contributed by atoms with van der Waals surface area (Å²) in [7, 11) is 0. The van der Waals surface area contributed by atoms with Crippen molar-refractivity contribution in [2.45, 2.75) is 0 Å². The van der Waals surface area contributed by atoms with Crippen molar-refractivity contribution in [2.75, 3.05) is 6.54 Å². The first-order valence-electron chi connectivity index (χ1n) is 8.01. The Morgan fingerprint density at radius 1 is 1.07 bits per heavy atom. The molecule has 1 aliphatic heterocycles. The van der Waals surface area contributed by atoms with Gasteiger partial charge in [0.1, 0.15) is 22.9 Å². The van der Waals surface area contributed by atoms with Crippen LogP contribution in [0.15, 0.2) is 66.8 Å². The summed E-state index contributed by atoms with van der Waals surface area (Å²) in [5.41, 5.74) is 0.629. The molecule has 27 heavy (non-hydrogen) atoms. The van der Waals surface area contributed by atoms with Crippen LogP contribution in [0, 0.1) is 5.82 Å². The van der Waals surface area contributed by atoms with Crippen molar-refractivity contribution in [3.05, 3.63) is 78.1 Å². The normalized spacial score (nSPS) is 15.7. The lowest BCUT2D eigenvalue weighted by Crippen LogP contribution is -2.53. The van der Waals surface area contributed by atoms with Gasteiger partial charge in [-0.25, -0.2) is 4.39 Å². The highest BCUT2D eigenvalue weighted by molar-refractivity contribution is 7.80. The maximum atomic E-state index is 12.9. The standard InChI is InChI=1S/C20H15FN2O3S/c1-2-11-23-19(25)17(18(24)22-20(23)27)12-13-3-7-15(8-4-13)26-16-9-5-14(21)6-10-16/h2-10,12H,1,11H2,(H,22,24,27)/b17-12+. The smallest absolute Gasteiger partial charge is 0.265 e. The Kier molecular flexibility index (Phi) is 5.42. The molecule has 0 radical (unpaired) electrons. The number of amides is 2. The van der Waals surface area contributed by atoms with Crippen molar-refractivity contribution >= 4 is 35.2 Å². The van der Waals surface area contributed by atoms with Crippen LogP contribution in [0.4, 0.5) is 4.39 Å². The van der Waals surface area contributed by atoms with Gasteiger partial charge in [-0.05, 0) is 60.3 Å². The first kappa shape index (κ1) is 18.5. The van der Waals surface area contributed by atoms with Gasteiger partial charge in [0.2, 0.25) is 0 Å². The van der Waals surface area contributed by atoms with Crippen molar-refractivity contribution in [1.82, 2.24) is 10.2 Å². The Balaban J connectivity index is 1.78. The zero-order chi connectivity index (χ0) is 19.4. The number of carbonyl (C=O) groups excluding carboxylic acids is 2. The Bertz CT molecular complexity index is 937. The lowest BCUT2D eigenvalue weighted by molar-refractivity contribution is -0.128. The van der Waals surface area contributed by atoms with Gasteiger partial charge in [0, 0.05) is 6.54 Å². The number of carbonyl (C=O) groups is 2. The molecule has 2 aromatic rings. The van der Waals surface area contributed by atoms with E-state index in [2.05, 4.69) is 11.9 Å². The third-order valence-corrected chi connectivity index (χ3v) is 4.06. The van der Waals surface area contributed by atoms with Gasteiger partial charge in [0.15, 0.2) is 5.11 Å². The predicted molar refractivity (Wildman–Crippen MR) is 104 cm³/mol. The molecule has 0 bridgehead atoms. The Morgan fingerprint density at radius 3 is 2.26 bits per heavy atom. The molecule has 5 nitrogen and oxygen atoms in total. The van der Waals surface area contributed by atoms with Gasteiger partial charge in [0.05, 0.1) is 0 Å². The van der Waals surface area contributed by atoms with Crippen LogP contribution in [0.2, 0.25) is 0 Å². The lowest BCUT2D eigenvalue weighted by Gasteiger charge is -2.27. The molecule has 0 saturated carbocycles. The molecule has 0 spiro atoms. The number of nitrogens with one attached hydrogen (secondary N) is 1. The molecule has 0 atom stereocenters. The number of thiocarbonyl (C=S) groups is 1. The van der Waals surface area contributed by atoms with Gasteiger partial charge in [-0.2, -0.15) is 0 Å². The Labute approximate surface area is 160 Å². The largest absolute Gasteiger partial charge is 0.457 e. The minimum atomic E-state index is -0.544. The van der Waals surface area contributed by atoms with E-state index in [0.717, 1.165) is 0 Å². The van der Waals surface area contributed by atoms with Gasteiger partial charge >= 0.3 is 0 Å². The number of hydrogen-bond donors (Lipinski definition) is 1. The summed E-state index contributed by atoms with van der Waals surface area (Å²) < 4.78 is 18.5. The quantitative estimate of drug-likeness (QED) is 0.373. The zero-order valence-electron chi connectivity index (χ0n) is 14.1. The zero-order valence-corrected chi connectivity index (χ0v) is 15.0. The lowest BCUT2D eigenvalue weighted by atomic mass is 10.1. The average molecular weight is 382 g/mol. The second kappa shape index (κ2) is 7.92. The third kappa shape index (κ3) is 4.27. The molecule has 7 heteroatoms. The van der Waals surface area contributed by atoms with Crippen molar-refractivity contribution in [3.8, 4) is 11.5 Å². The first-order chi connectivity index (χ1) is 13.0. The number of ether oxygens (including phenoxy) is 1. The summed E-state index contributed by atoms with van der Waals surface area (Å²) in [6, 6.07) is 12.4. The van der Waals surface area contributed by atoms with Gasteiger partial charge in [-0.15, -0.1) is 6.58 Å². The fourth-order valence-electron chi connectivity index (χ4n) is 2.43. The van der Waals surface area contributed by atoms with E-state index in [0.29, 0.717) is 17.1 Å². The first-order valence-corrected chi connectivity index (χ1v) is 8.42. The van der Waals surface area contributed by atoms with Crippen LogP contribution in [0.5, 0.6) is 11.5 Å². The summed E-state index contributed by atoms with van der Waals surface area (Å²) >= 11 is 5.01. The van der Waals surface area contributed by atoms with E-state index < -0.39 is 11.8 Å². The van der Waals surface area contributed by atoms with Gasteiger partial charge in [0.25, 0.3) is 11.8 Å². The van der Waals surface area contributed by atoms with Crippen molar-refractivity contribution in [2.24, 2.45) is 0 Å². The summed E-state index contributed by atoms with van der Waals surface area (Å²) in [6.45, 7) is 3.79. The summed E-state index contributed by atoms with van der Waals surface area (Å²) in [5.74, 6) is -0.326. The Hall–Kier alpha value is -3.32. The molecule has 1 saturated heterocycles. The van der Waals surface area contributed by atoms with E-state index >= 15 is 0 Å². The highest BCUT2D eigenvalue weighted by Crippen LogP contribution is 2.23. The molecule has 1 N–H and O–H groups in total. The van der Waals surface area contributed by atoms with Crippen molar-refractivity contribution < 1.29 is 18.7 Å². The molecule has 0 unspecified atom stereocenters. The SMILES string of the molecule is C=CCN1C(=O)/C(=C/c2ccc(Oc3ccc(F)cc3)cc2)C(=O)NC1=S. The summed E-state index contributed by atoms with van der Waals surface area (Å²) in [6.07, 6.45) is 3.01. The third-order valence-electron chi connectivity index (χ3n) is 3.74. The van der Waals surface area contributed by atoms with Crippen LogP contribution in [0.25, 0.3) is 6.08 Å². The monoisotopic (exact) mass is 382 g/mol. The molecule has 0 aliphatic carbocycles. The van der Waals surface area contributed by atoms with E-state index in [4.69, 9.17) is 17.0 Å². The Morgan fingerprint density at radius 2 is 1.67 bits per heavy atom. The van der Waals surface area contributed by atoms with Crippen molar-refractivity contribution in [1.29, 1.82) is 0 Å². The van der Waals surface area contributed by atoms with E-state index in [1.165, 1.54) is 41.3 Å². The molecule has 2 aromatic carbocycles. The summed E-state index contributed by atoms with van der Waals surface area (Å²) in [5, 5.41) is 2.55. The van der Waals surface area contributed by atoms with Crippen LogP contribution in [-0.2, 0) is 9.59 Å². The summed E-state index contributed by atoms with van der Waals surface area (Å²) in [4.78, 5) is 25.9. The fraction of sp³-hybridized carbons (Fsp3) is 0.0500. The van der Waals surface area contributed by atoms with Crippen LogP contribution >= 0.6 is 12.2 Å². The highest BCUT2D eigenvalue weighted by Gasteiger charge is 2.32. The molecule has 1 fully saturated rings. The van der Waals surface area contributed by atoms with Gasteiger partial charge < -0.3 is 4.74 Å². The van der Waals surface area contributed by atoms with E-state index in [1.54, 1.807) is 24.3 Å². The molecular weight excluding hydrogens is 367 g/mol. The molecule has 1 aliphatic rings. The maximum Gasteiger partial charge on any atom is 0.265 e.